The van der Waals surface area contributed by atoms with E-state index in [0.29, 0.717) is 23.7 Å². The van der Waals surface area contributed by atoms with E-state index in [2.05, 4.69) is 0 Å². The summed E-state index contributed by atoms with van der Waals surface area (Å²) in [5.74, 6) is -0.253. The zero-order valence-corrected chi connectivity index (χ0v) is 13.4. The fourth-order valence-corrected chi connectivity index (χ4v) is 3.87. The zero-order valence-electron chi connectivity index (χ0n) is 12.6. The predicted octanol–water partition coefficient (Wildman–Crippen LogP) is 1.73. The summed E-state index contributed by atoms with van der Waals surface area (Å²) in [5, 5.41) is 0. The SMILES string of the molecule is CCS(=O)(=O)c1ccccc1N1CC(C)C(C(=O)OC)C1. The lowest BCUT2D eigenvalue weighted by Crippen LogP contribution is -2.25. The van der Waals surface area contributed by atoms with Gasteiger partial charge in [0.1, 0.15) is 0 Å². The third-order valence-corrected chi connectivity index (χ3v) is 5.81. The molecular formula is C15H21NO4S. The van der Waals surface area contributed by atoms with Crippen LogP contribution >= 0.6 is 0 Å². The van der Waals surface area contributed by atoms with E-state index in [-0.39, 0.29) is 23.6 Å². The standard InChI is InChI=1S/C15H21NO4S/c1-4-21(18,19)14-8-6-5-7-13(14)16-9-11(2)12(10-16)15(17)20-3/h5-8,11-12H,4,9-10H2,1-3H3. The van der Waals surface area contributed by atoms with Crippen LogP contribution < -0.4 is 4.90 Å². The number of para-hydroxylation sites is 1. The van der Waals surface area contributed by atoms with Crippen molar-refractivity contribution in [2.45, 2.75) is 18.7 Å². The zero-order chi connectivity index (χ0) is 15.6. The van der Waals surface area contributed by atoms with Gasteiger partial charge < -0.3 is 9.64 Å². The van der Waals surface area contributed by atoms with Gasteiger partial charge in [-0.2, -0.15) is 0 Å². The van der Waals surface area contributed by atoms with Gasteiger partial charge in [0, 0.05) is 13.1 Å². The topological polar surface area (TPSA) is 63.7 Å². The molecule has 1 fully saturated rings. The van der Waals surface area contributed by atoms with E-state index in [1.807, 2.05) is 17.9 Å². The van der Waals surface area contributed by atoms with Crippen molar-refractivity contribution in [3.05, 3.63) is 24.3 Å². The van der Waals surface area contributed by atoms with E-state index in [9.17, 15) is 13.2 Å². The Balaban J connectivity index is 2.35. The summed E-state index contributed by atoms with van der Waals surface area (Å²) in [7, 11) is -1.90. The Hall–Kier alpha value is -1.56. The Morgan fingerprint density at radius 2 is 2.00 bits per heavy atom. The second kappa shape index (κ2) is 6.05. The molecule has 0 saturated carbocycles. The normalized spacial score (nSPS) is 22.3. The molecule has 0 amide bonds. The largest absolute Gasteiger partial charge is 0.469 e. The highest BCUT2D eigenvalue weighted by Crippen LogP contribution is 2.33. The van der Waals surface area contributed by atoms with E-state index in [1.54, 1.807) is 25.1 Å². The minimum absolute atomic E-state index is 0.0633. The number of ether oxygens (including phenoxy) is 1. The highest BCUT2D eigenvalue weighted by Gasteiger charge is 2.37. The van der Waals surface area contributed by atoms with E-state index in [1.165, 1.54) is 7.11 Å². The van der Waals surface area contributed by atoms with E-state index < -0.39 is 9.84 Å². The maximum atomic E-state index is 12.2. The minimum Gasteiger partial charge on any atom is -0.469 e. The average molecular weight is 311 g/mol. The van der Waals surface area contributed by atoms with E-state index >= 15 is 0 Å². The monoisotopic (exact) mass is 311 g/mol. The number of methoxy groups -OCH3 is 1. The van der Waals surface area contributed by atoms with Crippen LogP contribution in [0.1, 0.15) is 13.8 Å². The van der Waals surface area contributed by atoms with Crippen molar-refractivity contribution in [3.8, 4) is 0 Å². The Bertz CT molecular complexity index is 626. The maximum Gasteiger partial charge on any atom is 0.310 e. The summed E-state index contributed by atoms with van der Waals surface area (Å²) in [6.07, 6.45) is 0. The van der Waals surface area contributed by atoms with Gasteiger partial charge in [0.25, 0.3) is 0 Å². The first-order chi connectivity index (χ1) is 9.90. The number of anilines is 1. The molecule has 21 heavy (non-hydrogen) atoms. The fraction of sp³-hybridized carbons (Fsp3) is 0.533. The number of nitrogens with zero attached hydrogens (tertiary/aromatic N) is 1. The van der Waals surface area contributed by atoms with Crippen LogP contribution in [0.25, 0.3) is 0 Å². The Morgan fingerprint density at radius 1 is 1.33 bits per heavy atom. The molecule has 0 aliphatic carbocycles. The molecule has 1 aromatic rings. The predicted molar refractivity (Wildman–Crippen MR) is 81.1 cm³/mol. The third kappa shape index (κ3) is 3.05. The van der Waals surface area contributed by atoms with E-state index in [0.717, 1.165) is 0 Å². The number of carbonyl (C=O) groups is 1. The average Bonchev–Trinajstić information content (AvgIpc) is 2.88. The highest BCUT2D eigenvalue weighted by atomic mass is 32.2. The van der Waals surface area contributed by atoms with Gasteiger partial charge in [0.2, 0.25) is 0 Å². The summed E-state index contributed by atoms with van der Waals surface area (Å²) < 4.78 is 29.3. The van der Waals surface area contributed by atoms with Crippen molar-refractivity contribution in [3.63, 3.8) is 0 Å². The highest BCUT2D eigenvalue weighted by molar-refractivity contribution is 7.91. The van der Waals surface area contributed by atoms with E-state index in [4.69, 9.17) is 4.74 Å². The van der Waals surface area contributed by atoms with Crippen LogP contribution in [0.3, 0.4) is 0 Å². The molecule has 116 valence electrons. The minimum atomic E-state index is -3.28. The molecule has 0 radical (unpaired) electrons. The van der Waals surface area contributed by atoms with Gasteiger partial charge in [-0.15, -0.1) is 0 Å². The fourth-order valence-electron chi connectivity index (χ4n) is 2.76. The van der Waals surface area contributed by atoms with Crippen LogP contribution in [0.2, 0.25) is 0 Å². The van der Waals surface area contributed by atoms with Crippen molar-refractivity contribution in [1.29, 1.82) is 0 Å². The Kier molecular flexibility index (Phi) is 4.56. The van der Waals surface area contributed by atoms with Crippen molar-refractivity contribution in [2.75, 3.05) is 30.9 Å². The van der Waals surface area contributed by atoms with Gasteiger partial charge in [-0.25, -0.2) is 8.42 Å². The first-order valence-electron chi connectivity index (χ1n) is 7.05. The van der Waals surface area contributed by atoms with Crippen molar-refractivity contribution >= 4 is 21.5 Å². The molecule has 0 aromatic heterocycles. The molecular weight excluding hydrogens is 290 g/mol. The second-order valence-electron chi connectivity index (χ2n) is 5.38. The van der Waals surface area contributed by atoms with Crippen LogP contribution in [0.15, 0.2) is 29.2 Å². The van der Waals surface area contributed by atoms with Gasteiger partial charge in [-0.05, 0) is 18.1 Å². The molecule has 1 aromatic carbocycles. The van der Waals surface area contributed by atoms with Gasteiger partial charge in [-0.1, -0.05) is 26.0 Å². The van der Waals surface area contributed by atoms with Crippen molar-refractivity contribution in [1.82, 2.24) is 0 Å². The Morgan fingerprint density at radius 3 is 2.62 bits per heavy atom. The number of sulfone groups is 1. The van der Waals surface area contributed by atoms with Crippen molar-refractivity contribution in [2.24, 2.45) is 11.8 Å². The number of carbonyl (C=O) groups excluding carboxylic acids is 1. The summed E-state index contributed by atoms with van der Waals surface area (Å²) in [5.41, 5.74) is 0.678. The molecule has 0 bridgehead atoms. The quantitative estimate of drug-likeness (QED) is 0.792. The maximum absolute atomic E-state index is 12.2. The first-order valence-corrected chi connectivity index (χ1v) is 8.70. The second-order valence-corrected chi connectivity index (χ2v) is 7.63. The number of benzene rings is 1. The van der Waals surface area contributed by atoms with Gasteiger partial charge >= 0.3 is 5.97 Å². The molecule has 1 aliphatic heterocycles. The lowest BCUT2D eigenvalue weighted by atomic mass is 9.99. The first kappa shape index (κ1) is 15.8. The molecule has 5 nitrogen and oxygen atoms in total. The van der Waals surface area contributed by atoms with Crippen LogP contribution in [-0.4, -0.2) is 40.3 Å². The van der Waals surface area contributed by atoms with Gasteiger partial charge in [0.05, 0.1) is 29.4 Å². The number of rotatable bonds is 4. The molecule has 1 saturated heterocycles. The van der Waals surface area contributed by atoms with Crippen LogP contribution in [0.5, 0.6) is 0 Å². The van der Waals surface area contributed by atoms with Crippen LogP contribution in [-0.2, 0) is 19.4 Å². The van der Waals surface area contributed by atoms with Crippen LogP contribution in [0.4, 0.5) is 5.69 Å². The molecule has 1 heterocycles. The smallest absolute Gasteiger partial charge is 0.310 e. The molecule has 0 spiro atoms. The molecule has 2 atom stereocenters. The summed E-state index contributed by atoms with van der Waals surface area (Å²) >= 11 is 0. The molecule has 0 N–H and O–H groups in total. The lowest BCUT2D eigenvalue weighted by molar-refractivity contribution is -0.145. The summed E-state index contributed by atoms with van der Waals surface area (Å²) in [6, 6.07) is 6.97. The number of hydrogen-bond donors (Lipinski definition) is 0. The number of hydrogen-bond acceptors (Lipinski definition) is 5. The molecule has 1 aliphatic rings. The number of esters is 1. The summed E-state index contributed by atoms with van der Waals surface area (Å²) in [6.45, 7) is 4.76. The third-order valence-electron chi connectivity index (χ3n) is 4.04. The van der Waals surface area contributed by atoms with Crippen LogP contribution in [0, 0.1) is 11.8 Å². The molecule has 2 unspecified atom stereocenters. The summed E-state index contributed by atoms with van der Waals surface area (Å²) in [4.78, 5) is 14.1. The Labute approximate surface area is 125 Å². The molecule has 2 rings (SSSR count). The van der Waals surface area contributed by atoms with Gasteiger partial charge in [-0.3, -0.25) is 4.79 Å². The van der Waals surface area contributed by atoms with Gasteiger partial charge in [0.15, 0.2) is 9.84 Å². The van der Waals surface area contributed by atoms with Crippen molar-refractivity contribution < 1.29 is 17.9 Å². The molecule has 6 heteroatoms. The lowest BCUT2D eigenvalue weighted by Gasteiger charge is -2.21.